The lowest BCUT2D eigenvalue weighted by Crippen LogP contribution is -2.15. The van der Waals surface area contributed by atoms with Crippen molar-refractivity contribution >= 4 is 56.7 Å². The highest BCUT2D eigenvalue weighted by atomic mass is 35.5. The van der Waals surface area contributed by atoms with Crippen LogP contribution in [0.3, 0.4) is 0 Å². The van der Waals surface area contributed by atoms with Gasteiger partial charge in [-0.1, -0.05) is 58.7 Å². The van der Waals surface area contributed by atoms with E-state index in [9.17, 15) is 4.79 Å². The van der Waals surface area contributed by atoms with Crippen molar-refractivity contribution in [2.24, 2.45) is 4.99 Å². The first-order valence-electron chi connectivity index (χ1n) is 7.32. The summed E-state index contributed by atoms with van der Waals surface area (Å²) >= 11 is 13.5. The van der Waals surface area contributed by atoms with Crippen molar-refractivity contribution in [3.8, 4) is 12.3 Å². The normalized spacial score (nSPS) is 12.0. The second-order valence-electron chi connectivity index (χ2n) is 5.09. The SMILES string of the molecule is C#CCn1c(=NC(=O)C=Cc2ccccc2Cl)sc2cc(Cl)ccc21. The van der Waals surface area contributed by atoms with E-state index in [4.69, 9.17) is 29.6 Å². The third-order valence-corrected chi connectivity index (χ3v) is 5.03. The Kier molecular flexibility index (Phi) is 5.40. The van der Waals surface area contributed by atoms with E-state index in [0.29, 0.717) is 21.4 Å². The molecule has 0 saturated carbocycles. The molecule has 2 aromatic carbocycles. The summed E-state index contributed by atoms with van der Waals surface area (Å²) in [5.74, 6) is 2.20. The molecule has 3 nitrogen and oxygen atoms in total. The summed E-state index contributed by atoms with van der Waals surface area (Å²) < 4.78 is 2.74. The number of nitrogens with zero attached hydrogens (tertiary/aromatic N) is 2. The van der Waals surface area contributed by atoms with Gasteiger partial charge in [0.05, 0.1) is 16.8 Å². The minimum Gasteiger partial charge on any atom is -0.305 e. The molecule has 0 fully saturated rings. The molecule has 0 radical (unpaired) electrons. The Labute approximate surface area is 158 Å². The maximum absolute atomic E-state index is 12.2. The van der Waals surface area contributed by atoms with Crippen molar-refractivity contribution in [3.05, 3.63) is 69.0 Å². The summed E-state index contributed by atoms with van der Waals surface area (Å²) in [6.07, 6.45) is 8.47. The van der Waals surface area contributed by atoms with Gasteiger partial charge in [0.15, 0.2) is 4.80 Å². The number of hydrogen-bond donors (Lipinski definition) is 0. The number of halogens is 2. The van der Waals surface area contributed by atoms with Crippen LogP contribution in [0.1, 0.15) is 5.56 Å². The van der Waals surface area contributed by atoms with Gasteiger partial charge in [-0.05, 0) is 35.9 Å². The molecule has 0 aliphatic carbocycles. The minimum atomic E-state index is -0.386. The fourth-order valence-electron chi connectivity index (χ4n) is 2.28. The van der Waals surface area contributed by atoms with Crippen molar-refractivity contribution in [1.82, 2.24) is 4.57 Å². The van der Waals surface area contributed by atoms with E-state index in [1.807, 2.05) is 34.9 Å². The Morgan fingerprint density at radius 3 is 2.84 bits per heavy atom. The van der Waals surface area contributed by atoms with Crippen LogP contribution in [0.2, 0.25) is 10.0 Å². The van der Waals surface area contributed by atoms with E-state index in [1.54, 1.807) is 18.2 Å². The molecule has 0 saturated heterocycles. The number of hydrogen-bond acceptors (Lipinski definition) is 2. The maximum Gasteiger partial charge on any atom is 0.272 e. The van der Waals surface area contributed by atoms with Gasteiger partial charge in [0.1, 0.15) is 0 Å². The van der Waals surface area contributed by atoms with E-state index in [2.05, 4.69) is 10.9 Å². The van der Waals surface area contributed by atoms with E-state index in [-0.39, 0.29) is 5.91 Å². The van der Waals surface area contributed by atoms with Gasteiger partial charge in [0.25, 0.3) is 5.91 Å². The van der Waals surface area contributed by atoms with Crippen molar-refractivity contribution in [2.75, 3.05) is 0 Å². The fourth-order valence-corrected chi connectivity index (χ4v) is 3.79. The first-order chi connectivity index (χ1) is 12.1. The zero-order valence-electron chi connectivity index (χ0n) is 12.9. The zero-order valence-corrected chi connectivity index (χ0v) is 15.3. The van der Waals surface area contributed by atoms with Crippen LogP contribution < -0.4 is 4.80 Å². The van der Waals surface area contributed by atoms with Crippen LogP contribution in [0.25, 0.3) is 16.3 Å². The highest BCUT2D eigenvalue weighted by molar-refractivity contribution is 7.16. The van der Waals surface area contributed by atoms with Gasteiger partial charge < -0.3 is 4.57 Å². The lowest BCUT2D eigenvalue weighted by atomic mass is 10.2. The molecular weight excluding hydrogens is 375 g/mol. The highest BCUT2D eigenvalue weighted by Gasteiger charge is 2.07. The van der Waals surface area contributed by atoms with E-state index in [0.717, 1.165) is 15.8 Å². The molecule has 0 atom stereocenters. The number of thiazole rings is 1. The third kappa shape index (κ3) is 4.02. The number of rotatable bonds is 3. The molecule has 124 valence electrons. The van der Waals surface area contributed by atoms with Gasteiger partial charge in [-0.3, -0.25) is 4.79 Å². The average Bonchev–Trinajstić information content (AvgIpc) is 2.91. The number of amides is 1. The predicted octanol–water partition coefficient (Wildman–Crippen LogP) is 4.78. The van der Waals surface area contributed by atoms with Gasteiger partial charge in [-0.25, -0.2) is 0 Å². The van der Waals surface area contributed by atoms with Crippen LogP contribution in [0.4, 0.5) is 0 Å². The van der Waals surface area contributed by atoms with Gasteiger partial charge in [0, 0.05) is 16.1 Å². The van der Waals surface area contributed by atoms with Gasteiger partial charge in [0.2, 0.25) is 0 Å². The molecule has 1 amide bonds. The Balaban J connectivity index is 2.00. The Hall–Kier alpha value is -2.32. The lowest BCUT2D eigenvalue weighted by molar-refractivity contribution is -0.113. The molecule has 0 bridgehead atoms. The monoisotopic (exact) mass is 386 g/mol. The van der Waals surface area contributed by atoms with Crippen LogP contribution in [0, 0.1) is 12.3 Å². The Morgan fingerprint density at radius 2 is 2.08 bits per heavy atom. The number of benzene rings is 2. The average molecular weight is 387 g/mol. The Bertz CT molecular complexity index is 1090. The molecule has 0 unspecified atom stereocenters. The van der Waals surface area contributed by atoms with Crippen LogP contribution in [0.5, 0.6) is 0 Å². The molecule has 0 aliphatic heterocycles. The first-order valence-corrected chi connectivity index (χ1v) is 8.89. The smallest absolute Gasteiger partial charge is 0.272 e. The number of fused-ring (bicyclic) bond motifs is 1. The van der Waals surface area contributed by atoms with E-state index in [1.165, 1.54) is 17.4 Å². The van der Waals surface area contributed by atoms with Crippen LogP contribution in [0.15, 0.2) is 53.5 Å². The molecule has 0 N–H and O–H groups in total. The van der Waals surface area contributed by atoms with Crippen LogP contribution >= 0.6 is 34.5 Å². The van der Waals surface area contributed by atoms with E-state index < -0.39 is 0 Å². The number of carbonyl (C=O) groups excluding carboxylic acids is 1. The predicted molar refractivity (Wildman–Crippen MR) is 105 cm³/mol. The summed E-state index contributed by atoms with van der Waals surface area (Å²) in [6, 6.07) is 12.8. The van der Waals surface area contributed by atoms with Gasteiger partial charge >= 0.3 is 0 Å². The van der Waals surface area contributed by atoms with Crippen molar-refractivity contribution < 1.29 is 4.79 Å². The molecule has 6 heteroatoms. The largest absolute Gasteiger partial charge is 0.305 e. The van der Waals surface area contributed by atoms with Crippen molar-refractivity contribution in [2.45, 2.75) is 6.54 Å². The first kappa shape index (κ1) is 17.5. The molecule has 1 aromatic heterocycles. The fraction of sp³-hybridized carbons (Fsp3) is 0.0526. The quantitative estimate of drug-likeness (QED) is 0.470. The van der Waals surface area contributed by atoms with Crippen molar-refractivity contribution in [1.29, 1.82) is 0 Å². The molecular formula is C19H12Cl2N2OS. The third-order valence-electron chi connectivity index (χ3n) is 3.41. The number of aromatic nitrogens is 1. The van der Waals surface area contributed by atoms with Crippen LogP contribution in [-0.2, 0) is 11.3 Å². The minimum absolute atomic E-state index is 0.321. The number of carbonyl (C=O) groups is 1. The second kappa shape index (κ2) is 7.71. The molecule has 0 aliphatic rings. The number of terminal acetylenes is 1. The second-order valence-corrected chi connectivity index (χ2v) is 6.94. The summed E-state index contributed by atoms with van der Waals surface area (Å²) in [5.41, 5.74) is 1.65. The lowest BCUT2D eigenvalue weighted by Gasteiger charge is -1.99. The molecule has 3 rings (SSSR count). The standard InChI is InChI=1S/C19H12Cl2N2OS/c1-2-11-23-16-9-8-14(20)12-17(16)25-19(23)22-18(24)10-7-13-5-3-4-6-15(13)21/h1,3-10,12H,11H2. The topological polar surface area (TPSA) is 34.4 Å². The summed E-state index contributed by atoms with van der Waals surface area (Å²) in [7, 11) is 0. The summed E-state index contributed by atoms with van der Waals surface area (Å²) in [6.45, 7) is 0.321. The van der Waals surface area contributed by atoms with Crippen LogP contribution in [-0.4, -0.2) is 10.5 Å². The molecule has 3 aromatic rings. The van der Waals surface area contributed by atoms with Gasteiger partial charge in [-0.15, -0.1) is 6.42 Å². The summed E-state index contributed by atoms with van der Waals surface area (Å²) in [5, 5.41) is 1.20. The van der Waals surface area contributed by atoms with Crippen molar-refractivity contribution in [3.63, 3.8) is 0 Å². The zero-order chi connectivity index (χ0) is 17.8. The highest BCUT2D eigenvalue weighted by Crippen LogP contribution is 2.22. The summed E-state index contributed by atoms with van der Waals surface area (Å²) in [4.78, 5) is 16.9. The maximum atomic E-state index is 12.2. The van der Waals surface area contributed by atoms with Gasteiger partial charge in [-0.2, -0.15) is 4.99 Å². The molecule has 25 heavy (non-hydrogen) atoms. The molecule has 0 spiro atoms. The molecule has 1 heterocycles. The Morgan fingerprint density at radius 1 is 1.28 bits per heavy atom. The van der Waals surface area contributed by atoms with E-state index >= 15 is 0 Å².